The molecule has 1 aliphatic heterocycles. The lowest BCUT2D eigenvalue weighted by atomic mass is 9.99. The molecule has 2 rings (SSSR count). The first-order valence-corrected chi connectivity index (χ1v) is 6.58. The summed E-state index contributed by atoms with van der Waals surface area (Å²) in [7, 11) is 0. The second kappa shape index (κ2) is 6.71. The number of hydrogen-bond acceptors (Lipinski definition) is 4. The van der Waals surface area contributed by atoms with Gasteiger partial charge in [-0.1, -0.05) is 0 Å². The highest BCUT2D eigenvalue weighted by Gasteiger charge is 2.20. The Balaban J connectivity index is 1.87. The summed E-state index contributed by atoms with van der Waals surface area (Å²) in [5, 5.41) is 11.7. The van der Waals surface area contributed by atoms with E-state index in [9.17, 15) is 0 Å². The topological polar surface area (TPSA) is 52.0 Å². The Morgan fingerprint density at radius 3 is 3.29 bits per heavy atom. The van der Waals surface area contributed by atoms with Crippen LogP contribution in [0, 0.1) is 0 Å². The largest absolute Gasteiger partial charge is 0.382 e. The molecule has 1 aromatic heterocycles. The molecule has 1 aromatic rings. The molecule has 0 saturated carbocycles. The molecule has 0 amide bonds. The number of nitrogens with zero attached hydrogens (tertiary/aromatic N) is 3. The molecule has 17 heavy (non-hydrogen) atoms. The highest BCUT2D eigenvalue weighted by atomic mass is 16.5. The summed E-state index contributed by atoms with van der Waals surface area (Å²) in [6, 6.07) is 0. The van der Waals surface area contributed by atoms with E-state index in [0.717, 1.165) is 45.1 Å². The van der Waals surface area contributed by atoms with Crippen LogP contribution < -0.4 is 5.32 Å². The molecule has 0 aliphatic carbocycles. The lowest BCUT2D eigenvalue weighted by Gasteiger charge is -2.22. The molecule has 1 atom stereocenters. The van der Waals surface area contributed by atoms with E-state index in [1.165, 1.54) is 12.8 Å². The van der Waals surface area contributed by atoms with Crippen LogP contribution in [0.15, 0.2) is 6.33 Å². The molecule has 0 radical (unpaired) electrons. The number of piperidine rings is 1. The van der Waals surface area contributed by atoms with Gasteiger partial charge in [-0.3, -0.25) is 0 Å². The number of hydrogen-bond donors (Lipinski definition) is 1. The third kappa shape index (κ3) is 3.51. The molecule has 1 N–H and O–H groups in total. The SMILES string of the molecule is CCOCCCn1cnnc1C1CCCNC1. The van der Waals surface area contributed by atoms with E-state index in [1.54, 1.807) is 0 Å². The first-order chi connectivity index (χ1) is 8.42. The molecule has 1 fully saturated rings. The maximum atomic E-state index is 5.35. The van der Waals surface area contributed by atoms with Gasteiger partial charge in [0.1, 0.15) is 12.2 Å². The van der Waals surface area contributed by atoms with E-state index >= 15 is 0 Å². The van der Waals surface area contributed by atoms with Crippen LogP contribution in [0.2, 0.25) is 0 Å². The standard InChI is InChI=1S/C12H22N4O/c1-2-17-8-4-7-16-10-14-15-12(16)11-5-3-6-13-9-11/h10-11,13H,2-9H2,1H3. The van der Waals surface area contributed by atoms with Gasteiger partial charge in [-0.05, 0) is 32.7 Å². The third-order valence-corrected chi connectivity index (χ3v) is 3.20. The fraction of sp³-hybridized carbons (Fsp3) is 0.833. The Kier molecular flexibility index (Phi) is 4.94. The van der Waals surface area contributed by atoms with Gasteiger partial charge in [0, 0.05) is 32.2 Å². The molecule has 0 spiro atoms. The summed E-state index contributed by atoms with van der Waals surface area (Å²) in [6.45, 7) is 6.76. The lowest BCUT2D eigenvalue weighted by molar-refractivity contribution is 0.141. The Morgan fingerprint density at radius 2 is 2.53 bits per heavy atom. The van der Waals surface area contributed by atoms with Crippen molar-refractivity contribution < 1.29 is 4.74 Å². The van der Waals surface area contributed by atoms with E-state index in [1.807, 2.05) is 13.3 Å². The molecule has 0 aromatic carbocycles. The Labute approximate surface area is 103 Å². The predicted octanol–water partition coefficient (Wildman–Crippen LogP) is 1.17. The van der Waals surface area contributed by atoms with Gasteiger partial charge >= 0.3 is 0 Å². The van der Waals surface area contributed by atoms with E-state index in [0.29, 0.717) is 5.92 Å². The van der Waals surface area contributed by atoms with Crippen LogP contribution in [0.25, 0.3) is 0 Å². The van der Waals surface area contributed by atoms with Crippen molar-refractivity contribution in [3.63, 3.8) is 0 Å². The van der Waals surface area contributed by atoms with Gasteiger partial charge in [0.05, 0.1) is 0 Å². The normalized spacial score (nSPS) is 20.6. The van der Waals surface area contributed by atoms with Crippen LogP contribution >= 0.6 is 0 Å². The molecule has 0 bridgehead atoms. The molecule has 96 valence electrons. The monoisotopic (exact) mass is 238 g/mol. The first-order valence-electron chi connectivity index (χ1n) is 6.58. The van der Waals surface area contributed by atoms with Crippen LogP contribution in [-0.2, 0) is 11.3 Å². The quantitative estimate of drug-likeness (QED) is 0.756. The summed E-state index contributed by atoms with van der Waals surface area (Å²) in [6.07, 6.45) is 5.32. The van der Waals surface area contributed by atoms with Gasteiger partial charge in [0.25, 0.3) is 0 Å². The minimum absolute atomic E-state index is 0.526. The number of rotatable bonds is 6. The van der Waals surface area contributed by atoms with Crippen LogP contribution in [0.1, 0.15) is 37.9 Å². The Hall–Kier alpha value is -0.940. The van der Waals surface area contributed by atoms with E-state index in [4.69, 9.17) is 4.74 Å². The van der Waals surface area contributed by atoms with Crippen LogP contribution in [0.5, 0.6) is 0 Å². The van der Waals surface area contributed by atoms with E-state index in [2.05, 4.69) is 20.1 Å². The summed E-state index contributed by atoms with van der Waals surface area (Å²) in [4.78, 5) is 0. The third-order valence-electron chi connectivity index (χ3n) is 3.20. The molecule has 1 saturated heterocycles. The second-order valence-corrected chi connectivity index (χ2v) is 4.48. The zero-order valence-corrected chi connectivity index (χ0v) is 10.6. The zero-order valence-electron chi connectivity index (χ0n) is 10.6. The molecule has 1 aliphatic rings. The first kappa shape index (κ1) is 12.5. The smallest absolute Gasteiger partial charge is 0.137 e. The van der Waals surface area contributed by atoms with E-state index < -0.39 is 0 Å². The molecule has 2 heterocycles. The summed E-state index contributed by atoms with van der Waals surface area (Å²) >= 11 is 0. The molecule has 5 heteroatoms. The van der Waals surface area contributed by atoms with Crippen molar-refractivity contribution in [2.45, 2.75) is 38.6 Å². The maximum Gasteiger partial charge on any atom is 0.137 e. The summed E-state index contributed by atoms with van der Waals surface area (Å²) in [5.74, 6) is 1.66. The minimum Gasteiger partial charge on any atom is -0.382 e. The van der Waals surface area contributed by atoms with E-state index in [-0.39, 0.29) is 0 Å². The molecular weight excluding hydrogens is 216 g/mol. The number of nitrogens with one attached hydrogen (secondary N) is 1. The van der Waals surface area contributed by atoms with Crippen molar-refractivity contribution in [3.05, 3.63) is 12.2 Å². The fourth-order valence-corrected chi connectivity index (χ4v) is 2.31. The number of aryl methyl sites for hydroxylation is 1. The average Bonchev–Trinajstić information content (AvgIpc) is 2.84. The van der Waals surface area contributed by atoms with Crippen molar-refractivity contribution in [2.75, 3.05) is 26.3 Å². The lowest BCUT2D eigenvalue weighted by Crippen LogP contribution is -2.30. The molecule has 1 unspecified atom stereocenters. The van der Waals surface area contributed by atoms with Gasteiger partial charge in [-0.2, -0.15) is 0 Å². The zero-order chi connectivity index (χ0) is 11.9. The van der Waals surface area contributed by atoms with Crippen LogP contribution in [-0.4, -0.2) is 41.1 Å². The maximum absolute atomic E-state index is 5.35. The minimum atomic E-state index is 0.526. The van der Waals surface area contributed by atoms with Gasteiger partial charge in [-0.15, -0.1) is 10.2 Å². The number of ether oxygens (including phenoxy) is 1. The van der Waals surface area contributed by atoms with Crippen molar-refractivity contribution in [3.8, 4) is 0 Å². The summed E-state index contributed by atoms with van der Waals surface area (Å²) in [5.41, 5.74) is 0. The Bertz CT molecular complexity index is 320. The Morgan fingerprint density at radius 1 is 1.59 bits per heavy atom. The highest BCUT2D eigenvalue weighted by Crippen LogP contribution is 2.21. The highest BCUT2D eigenvalue weighted by molar-refractivity contribution is 4.99. The summed E-state index contributed by atoms with van der Waals surface area (Å²) < 4.78 is 7.53. The van der Waals surface area contributed by atoms with Gasteiger partial charge in [-0.25, -0.2) is 0 Å². The van der Waals surface area contributed by atoms with Gasteiger partial charge < -0.3 is 14.6 Å². The van der Waals surface area contributed by atoms with Crippen molar-refractivity contribution in [1.82, 2.24) is 20.1 Å². The molecular formula is C12H22N4O. The molecule has 5 nitrogen and oxygen atoms in total. The van der Waals surface area contributed by atoms with Crippen LogP contribution in [0.3, 0.4) is 0 Å². The van der Waals surface area contributed by atoms with Gasteiger partial charge in [0.15, 0.2) is 0 Å². The van der Waals surface area contributed by atoms with Gasteiger partial charge in [0.2, 0.25) is 0 Å². The fourth-order valence-electron chi connectivity index (χ4n) is 2.31. The van der Waals surface area contributed by atoms with Crippen molar-refractivity contribution >= 4 is 0 Å². The number of aromatic nitrogens is 3. The van der Waals surface area contributed by atoms with Crippen LogP contribution in [0.4, 0.5) is 0 Å². The van der Waals surface area contributed by atoms with Crippen molar-refractivity contribution in [2.24, 2.45) is 0 Å². The van der Waals surface area contributed by atoms with Crippen molar-refractivity contribution in [1.29, 1.82) is 0 Å². The predicted molar refractivity (Wildman–Crippen MR) is 66.0 cm³/mol. The average molecular weight is 238 g/mol. The second-order valence-electron chi connectivity index (χ2n) is 4.48.